The fourth-order valence-corrected chi connectivity index (χ4v) is 3.90. The van der Waals surface area contributed by atoms with E-state index in [0.717, 1.165) is 5.75 Å². The van der Waals surface area contributed by atoms with E-state index in [1.807, 2.05) is 6.26 Å². The molecule has 3 unspecified atom stereocenters. The van der Waals surface area contributed by atoms with Gasteiger partial charge in [0.1, 0.15) is 5.82 Å². The molecule has 122 valence electrons. The van der Waals surface area contributed by atoms with Crippen molar-refractivity contribution in [3.05, 3.63) is 29.6 Å². The average molecular weight is 326 g/mol. The van der Waals surface area contributed by atoms with Gasteiger partial charge in [0.05, 0.1) is 24.9 Å². The Bertz CT molecular complexity index is 529. The molecule has 1 fully saturated rings. The van der Waals surface area contributed by atoms with E-state index in [0.29, 0.717) is 30.9 Å². The van der Waals surface area contributed by atoms with Crippen LogP contribution in [0.4, 0.5) is 10.1 Å². The van der Waals surface area contributed by atoms with Crippen LogP contribution in [0, 0.1) is 11.7 Å². The number of halogens is 1. The molecule has 0 amide bonds. The van der Waals surface area contributed by atoms with Gasteiger partial charge in [-0.05, 0) is 31.2 Å². The minimum absolute atomic E-state index is 0.0457. The number of thioether (sulfide) groups is 1. The molecule has 1 aromatic rings. The fraction of sp³-hybridized carbons (Fsp3) is 0.562. The van der Waals surface area contributed by atoms with Crippen molar-refractivity contribution in [1.29, 1.82) is 0 Å². The van der Waals surface area contributed by atoms with E-state index in [-0.39, 0.29) is 17.8 Å². The highest BCUT2D eigenvalue weighted by Crippen LogP contribution is 2.45. The van der Waals surface area contributed by atoms with E-state index in [1.165, 1.54) is 6.07 Å². The van der Waals surface area contributed by atoms with Gasteiger partial charge in [0, 0.05) is 36.5 Å². The molecule has 1 heterocycles. The Morgan fingerprint density at radius 1 is 1.59 bits per heavy atom. The first-order valence-corrected chi connectivity index (χ1v) is 8.59. The van der Waals surface area contributed by atoms with Crippen LogP contribution < -0.4 is 5.73 Å². The second-order valence-electron chi connectivity index (χ2n) is 5.59. The maximum Gasteiger partial charge on any atom is 0.129 e. The molecule has 1 aliphatic rings. The number of methoxy groups -OCH3 is 1. The number of rotatable bonds is 6. The number of nitrogens with zero attached hydrogens (tertiary/aromatic N) is 1. The Labute approximate surface area is 135 Å². The van der Waals surface area contributed by atoms with Crippen molar-refractivity contribution in [2.75, 3.05) is 38.1 Å². The van der Waals surface area contributed by atoms with E-state index in [9.17, 15) is 4.39 Å². The number of ether oxygens (including phenoxy) is 2. The molecule has 0 spiro atoms. The van der Waals surface area contributed by atoms with E-state index in [1.54, 1.807) is 31.0 Å². The summed E-state index contributed by atoms with van der Waals surface area (Å²) in [6.07, 6.45) is 2.43. The lowest BCUT2D eigenvalue weighted by atomic mass is 9.73. The predicted octanol–water partition coefficient (Wildman–Crippen LogP) is 2.72. The zero-order valence-electron chi connectivity index (χ0n) is 13.0. The molecule has 0 bridgehead atoms. The molecule has 0 radical (unpaired) electrons. The molecule has 2 N–H and O–H groups in total. The monoisotopic (exact) mass is 326 g/mol. The van der Waals surface area contributed by atoms with Crippen molar-refractivity contribution in [3.63, 3.8) is 0 Å². The van der Waals surface area contributed by atoms with E-state index in [2.05, 4.69) is 11.7 Å². The van der Waals surface area contributed by atoms with Crippen LogP contribution in [0.3, 0.4) is 0 Å². The SMILES string of the molecule is C=NC1(c2cc(N)ccc2F)CC(COC)OCC1CSC. The molecule has 1 aliphatic heterocycles. The number of nitrogen functional groups attached to an aromatic ring is 1. The fourth-order valence-electron chi connectivity index (χ4n) is 3.13. The van der Waals surface area contributed by atoms with Crippen LogP contribution in [0.5, 0.6) is 0 Å². The molecule has 22 heavy (non-hydrogen) atoms. The molecule has 0 saturated carbocycles. The normalized spacial score (nSPS) is 28.5. The van der Waals surface area contributed by atoms with Gasteiger partial charge in [-0.15, -0.1) is 0 Å². The molecule has 6 heteroatoms. The second kappa shape index (κ2) is 7.44. The first-order valence-electron chi connectivity index (χ1n) is 7.20. The lowest BCUT2D eigenvalue weighted by molar-refractivity contribution is -0.0806. The number of anilines is 1. The van der Waals surface area contributed by atoms with Crippen LogP contribution in [-0.4, -0.2) is 45.2 Å². The van der Waals surface area contributed by atoms with E-state index >= 15 is 0 Å². The third kappa shape index (κ3) is 3.29. The minimum atomic E-state index is -0.732. The van der Waals surface area contributed by atoms with Crippen LogP contribution in [-0.2, 0) is 15.0 Å². The highest BCUT2D eigenvalue weighted by molar-refractivity contribution is 7.98. The topological polar surface area (TPSA) is 56.8 Å². The van der Waals surface area contributed by atoms with Crippen molar-refractivity contribution >= 4 is 24.2 Å². The molecular formula is C16H23FN2O2S. The Morgan fingerprint density at radius 3 is 3.00 bits per heavy atom. The quantitative estimate of drug-likeness (QED) is 0.645. The smallest absolute Gasteiger partial charge is 0.129 e. The molecule has 1 aromatic carbocycles. The Balaban J connectivity index is 2.47. The summed E-state index contributed by atoms with van der Waals surface area (Å²) in [6, 6.07) is 4.63. The van der Waals surface area contributed by atoms with Crippen molar-refractivity contribution < 1.29 is 13.9 Å². The van der Waals surface area contributed by atoms with Gasteiger partial charge in [-0.1, -0.05) is 0 Å². The zero-order chi connectivity index (χ0) is 16.2. The van der Waals surface area contributed by atoms with Crippen LogP contribution in [0.2, 0.25) is 0 Å². The van der Waals surface area contributed by atoms with Crippen LogP contribution in [0.15, 0.2) is 23.2 Å². The van der Waals surface area contributed by atoms with Crippen LogP contribution >= 0.6 is 11.8 Å². The summed E-state index contributed by atoms with van der Waals surface area (Å²) in [5.74, 6) is 0.558. The summed E-state index contributed by atoms with van der Waals surface area (Å²) < 4.78 is 25.5. The molecular weight excluding hydrogens is 303 g/mol. The zero-order valence-corrected chi connectivity index (χ0v) is 13.9. The summed E-state index contributed by atoms with van der Waals surface area (Å²) in [4.78, 5) is 4.39. The first-order chi connectivity index (χ1) is 10.6. The first kappa shape index (κ1) is 17.2. The number of benzene rings is 1. The van der Waals surface area contributed by atoms with E-state index < -0.39 is 5.54 Å². The molecule has 4 nitrogen and oxygen atoms in total. The second-order valence-corrected chi connectivity index (χ2v) is 6.50. The molecule has 1 saturated heterocycles. The predicted molar refractivity (Wildman–Crippen MR) is 90.1 cm³/mol. The highest BCUT2D eigenvalue weighted by Gasteiger charge is 2.46. The van der Waals surface area contributed by atoms with Crippen molar-refractivity contribution in [2.24, 2.45) is 10.9 Å². The standard InChI is InChI=1S/C16H23FN2O2S/c1-19-16(14-6-12(18)4-5-15(14)17)7-13(9-20-2)21-8-11(16)10-22-3/h4-6,11,13H,1,7-10,18H2,2-3H3. The number of hydrogen-bond donors (Lipinski definition) is 1. The average Bonchev–Trinajstić information content (AvgIpc) is 2.52. The van der Waals surface area contributed by atoms with Gasteiger partial charge in [-0.25, -0.2) is 4.39 Å². The molecule has 2 rings (SSSR count). The highest BCUT2D eigenvalue weighted by atomic mass is 32.2. The summed E-state index contributed by atoms with van der Waals surface area (Å²) in [5, 5.41) is 0. The van der Waals surface area contributed by atoms with Gasteiger partial charge in [-0.3, -0.25) is 4.99 Å². The summed E-state index contributed by atoms with van der Waals surface area (Å²) in [7, 11) is 1.63. The third-order valence-electron chi connectivity index (χ3n) is 4.21. The van der Waals surface area contributed by atoms with Gasteiger partial charge < -0.3 is 15.2 Å². The number of hydrogen-bond acceptors (Lipinski definition) is 5. The largest absolute Gasteiger partial charge is 0.399 e. The van der Waals surface area contributed by atoms with Gasteiger partial charge in [0.15, 0.2) is 0 Å². The number of nitrogens with two attached hydrogens (primary N) is 1. The lowest BCUT2D eigenvalue weighted by Gasteiger charge is -2.44. The van der Waals surface area contributed by atoms with Crippen molar-refractivity contribution in [2.45, 2.75) is 18.1 Å². The van der Waals surface area contributed by atoms with Gasteiger partial charge >= 0.3 is 0 Å². The van der Waals surface area contributed by atoms with Gasteiger partial charge in [0.2, 0.25) is 0 Å². The summed E-state index contributed by atoms with van der Waals surface area (Å²) >= 11 is 1.69. The van der Waals surface area contributed by atoms with E-state index in [4.69, 9.17) is 15.2 Å². The molecule has 0 aliphatic carbocycles. The van der Waals surface area contributed by atoms with Crippen LogP contribution in [0.1, 0.15) is 12.0 Å². The van der Waals surface area contributed by atoms with Gasteiger partial charge in [-0.2, -0.15) is 11.8 Å². The van der Waals surface area contributed by atoms with Gasteiger partial charge in [0.25, 0.3) is 0 Å². The lowest BCUT2D eigenvalue weighted by Crippen LogP contribution is -2.48. The Morgan fingerprint density at radius 2 is 2.36 bits per heavy atom. The Kier molecular flexibility index (Phi) is 5.83. The summed E-state index contributed by atoms with van der Waals surface area (Å²) in [6.45, 7) is 4.72. The molecule has 0 aromatic heterocycles. The number of aliphatic imine (C=N–C) groups is 1. The maximum atomic E-state index is 14.5. The maximum absolute atomic E-state index is 14.5. The molecule has 3 atom stereocenters. The van der Waals surface area contributed by atoms with Crippen LogP contribution in [0.25, 0.3) is 0 Å². The minimum Gasteiger partial charge on any atom is -0.399 e. The Hall–Kier alpha value is -1.11. The third-order valence-corrected chi connectivity index (χ3v) is 4.94. The van der Waals surface area contributed by atoms with Crippen molar-refractivity contribution in [1.82, 2.24) is 0 Å². The summed E-state index contributed by atoms with van der Waals surface area (Å²) in [5.41, 5.74) is 6.17. The van der Waals surface area contributed by atoms with Crippen molar-refractivity contribution in [3.8, 4) is 0 Å².